The molecule has 9 heteroatoms. The minimum Gasteiger partial charge on any atom is -0.479 e. The van der Waals surface area contributed by atoms with Gasteiger partial charge in [-0.05, 0) is 50.3 Å². The Kier molecular flexibility index (Phi) is 5.84. The standard InChI is InChI=1S/C20H18ClN3O5/c1-12-20(13(2)23(3)22-12)18(25)8-7-15-5-6-16(29-15)11-28-19-9-4-14(21)10-17(19)24(26)27/h4-10H,11H2,1-3H3/b8-7+. The number of ketones is 1. The second kappa shape index (κ2) is 8.32. The molecule has 0 spiro atoms. The summed E-state index contributed by atoms with van der Waals surface area (Å²) in [5.41, 5.74) is 1.79. The molecule has 0 fully saturated rings. The molecule has 2 aromatic heterocycles. The van der Waals surface area contributed by atoms with Gasteiger partial charge in [-0.1, -0.05) is 11.6 Å². The lowest BCUT2D eigenvalue weighted by Gasteiger charge is -2.05. The number of furan rings is 1. The quantitative estimate of drug-likeness (QED) is 0.240. The number of ether oxygens (including phenoxy) is 1. The molecule has 29 heavy (non-hydrogen) atoms. The molecule has 3 aromatic rings. The van der Waals surface area contributed by atoms with Gasteiger partial charge in [-0.15, -0.1) is 0 Å². The molecule has 0 atom stereocenters. The fourth-order valence-corrected chi connectivity index (χ4v) is 3.00. The van der Waals surface area contributed by atoms with Gasteiger partial charge in [-0.25, -0.2) is 0 Å². The molecule has 150 valence electrons. The maximum absolute atomic E-state index is 12.4. The number of aryl methyl sites for hydroxylation is 2. The molecule has 0 amide bonds. The number of nitro groups is 1. The van der Waals surface area contributed by atoms with Crippen LogP contribution in [0.3, 0.4) is 0 Å². The lowest BCUT2D eigenvalue weighted by atomic mass is 10.1. The molecule has 0 aliphatic heterocycles. The van der Waals surface area contributed by atoms with Crippen molar-refractivity contribution in [3.8, 4) is 5.75 Å². The summed E-state index contributed by atoms with van der Waals surface area (Å²) in [6, 6.07) is 7.52. The molecule has 0 saturated carbocycles. The SMILES string of the molecule is Cc1nn(C)c(C)c1C(=O)/C=C/c1ccc(COc2ccc(Cl)cc2[N+](=O)[O-])o1. The normalized spacial score (nSPS) is 11.2. The summed E-state index contributed by atoms with van der Waals surface area (Å²) in [5.74, 6) is 0.835. The molecule has 0 aliphatic rings. The first-order chi connectivity index (χ1) is 13.8. The predicted octanol–water partition coefficient (Wildman–Crippen LogP) is 4.67. The summed E-state index contributed by atoms with van der Waals surface area (Å²) in [6.45, 7) is 3.61. The second-order valence-corrected chi connectivity index (χ2v) is 6.77. The van der Waals surface area contributed by atoms with Crippen molar-refractivity contribution in [1.82, 2.24) is 9.78 Å². The highest BCUT2D eigenvalue weighted by molar-refractivity contribution is 6.30. The summed E-state index contributed by atoms with van der Waals surface area (Å²) in [4.78, 5) is 23.0. The average Bonchev–Trinajstić information content (AvgIpc) is 3.22. The third kappa shape index (κ3) is 4.55. The zero-order valence-electron chi connectivity index (χ0n) is 16.0. The number of halogens is 1. The number of benzene rings is 1. The van der Waals surface area contributed by atoms with Crippen molar-refractivity contribution in [2.24, 2.45) is 7.05 Å². The summed E-state index contributed by atoms with van der Waals surface area (Å²) >= 11 is 5.79. The molecular weight excluding hydrogens is 398 g/mol. The minimum atomic E-state index is -0.564. The van der Waals surface area contributed by atoms with E-state index >= 15 is 0 Å². The van der Waals surface area contributed by atoms with E-state index in [1.165, 1.54) is 24.3 Å². The zero-order chi connectivity index (χ0) is 21.1. The van der Waals surface area contributed by atoms with Gasteiger partial charge in [0.15, 0.2) is 11.5 Å². The van der Waals surface area contributed by atoms with Crippen LogP contribution in [0.4, 0.5) is 5.69 Å². The molecule has 2 heterocycles. The van der Waals surface area contributed by atoms with Crippen LogP contribution >= 0.6 is 11.6 Å². The summed E-state index contributed by atoms with van der Waals surface area (Å²) in [5, 5.41) is 15.6. The number of nitro benzene ring substituents is 1. The number of carbonyl (C=O) groups is 1. The molecule has 0 N–H and O–H groups in total. The summed E-state index contributed by atoms with van der Waals surface area (Å²) in [7, 11) is 1.78. The first-order valence-corrected chi connectivity index (χ1v) is 9.02. The monoisotopic (exact) mass is 415 g/mol. The number of nitrogens with zero attached hydrogens (tertiary/aromatic N) is 3. The molecule has 3 rings (SSSR count). The molecular formula is C20H18ClN3O5. The van der Waals surface area contributed by atoms with Crippen LogP contribution in [0.5, 0.6) is 5.75 Å². The van der Waals surface area contributed by atoms with Gasteiger partial charge >= 0.3 is 5.69 Å². The Morgan fingerprint density at radius 2 is 2.10 bits per heavy atom. The number of rotatable bonds is 7. The Labute approximate surface area is 171 Å². The van der Waals surface area contributed by atoms with E-state index in [1.54, 1.807) is 36.9 Å². The predicted molar refractivity (Wildman–Crippen MR) is 107 cm³/mol. The molecule has 1 aromatic carbocycles. The summed E-state index contributed by atoms with van der Waals surface area (Å²) in [6.07, 6.45) is 2.98. The van der Waals surface area contributed by atoms with E-state index in [2.05, 4.69) is 5.10 Å². The highest BCUT2D eigenvalue weighted by Gasteiger charge is 2.17. The van der Waals surface area contributed by atoms with Crippen LogP contribution in [0.1, 0.15) is 33.3 Å². The van der Waals surface area contributed by atoms with Gasteiger partial charge in [-0.3, -0.25) is 19.6 Å². The van der Waals surface area contributed by atoms with E-state index in [4.69, 9.17) is 20.8 Å². The van der Waals surface area contributed by atoms with Crippen molar-refractivity contribution in [1.29, 1.82) is 0 Å². The molecule has 0 radical (unpaired) electrons. The second-order valence-electron chi connectivity index (χ2n) is 6.33. The van der Waals surface area contributed by atoms with Crippen molar-refractivity contribution in [2.75, 3.05) is 0 Å². The molecule has 0 bridgehead atoms. The average molecular weight is 416 g/mol. The number of aromatic nitrogens is 2. The van der Waals surface area contributed by atoms with Crippen LogP contribution < -0.4 is 4.74 Å². The van der Waals surface area contributed by atoms with Crippen LogP contribution in [0.15, 0.2) is 40.8 Å². The van der Waals surface area contributed by atoms with E-state index in [1.807, 2.05) is 6.92 Å². The lowest BCUT2D eigenvalue weighted by Crippen LogP contribution is -1.99. The van der Waals surface area contributed by atoms with Crippen LogP contribution in [-0.2, 0) is 13.7 Å². The third-order valence-corrected chi connectivity index (χ3v) is 4.56. The van der Waals surface area contributed by atoms with E-state index in [9.17, 15) is 14.9 Å². The number of hydrogen-bond acceptors (Lipinski definition) is 6. The number of hydrogen-bond donors (Lipinski definition) is 0. The smallest absolute Gasteiger partial charge is 0.312 e. The molecule has 0 unspecified atom stereocenters. The maximum Gasteiger partial charge on any atom is 0.312 e. The third-order valence-electron chi connectivity index (χ3n) is 4.32. The van der Waals surface area contributed by atoms with Gasteiger partial charge < -0.3 is 9.15 Å². The van der Waals surface area contributed by atoms with Crippen molar-refractivity contribution in [3.05, 3.63) is 80.0 Å². The minimum absolute atomic E-state index is 0.00885. The Hall–Kier alpha value is -3.39. The molecule has 0 aliphatic carbocycles. The topological polar surface area (TPSA) is 100 Å². The van der Waals surface area contributed by atoms with E-state index in [0.29, 0.717) is 22.8 Å². The Bertz CT molecular complexity index is 1110. The highest BCUT2D eigenvalue weighted by atomic mass is 35.5. The van der Waals surface area contributed by atoms with Crippen LogP contribution in [0.2, 0.25) is 5.02 Å². The maximum atomic E-state index is 12.4. The fourth-order valence-electron chi connectivity index (χ4n) is 2.84. The van der Waals surface area contributed by atoms with Crippen molar-refractivity contribution in [2.45, 2.75) is 20.5 Å². The van der Waals surface area contributed by atoms with Gasteiger partial charge in [0, 0.05) is 23.8 Å². The van der Waals surface area contributed by atoms with Crippen LogP contribution in [0, 0.1) is 24.0 Å². The highest BCUT2D eigenvalue weighted by Crippen LogP contribution is 2.30. The Morgan fingerprint density at radius 1 is 1.34 bits per heavy atom. The van der Waals surface area contributed by atoms with E-state index < -0.39 is 4.92 Å². The van der Waals surface area contributed by atoms with Crippen LogP contribution in [-0.4, -0.2) is 20.5 Å². The largest absolute Gasteiger partial charge is 0.479 e. The lowest BCUT2D eigenvalue weighted by molar-refractivity contribution is -0.385. The van der Waals surface area contributed by atoms with Crippen molar-refractivity contribution in [3.63, 3.8) is 0 Å². The van der Waals surface area contributed by atoms with Gasteiger partial charge in [0.05, 0.1) is 16.2 Å². The Morgan fingerprint density at radius 3 is 2.76 bits per heavy atom. The first kappa shape index (κ1) is 20.3. The van der Waals surface area contributed by atoms with Gasteiger partial charge in [0.25, 0.3) is 0 Å². The Balaban J connectivity index is 1.68. The van der Waals surface area contributed by atoms with Crippen molar-refractivity contribution >= 4 is 29.1 Å². The van der Waals surface area contributed by atoms with E-state index in [-0.39, 0.29) is 28.8 Å². The van der Waals surface area contributed by atoms with E-state index in [0.717, 1.165) is 5.69 Å². The van der Waals surface area contributed by atoms with Gasteiger partial charge in [-0.2, -0.15) is 5.10 Å². The number of carbonyl (C=O) groups excluding carboxylic acids is 1. The van der Waals surface area contributed by atoms with Crippen molar-refractivity contribution < 1.29 is 18.9 Å². The molecule has 8 nitrogen and oxygen atoms in total. The van der Waals surface area contributed by atoms with Gasteiger partial charge in [0.1, 0.15) is 18.1 Å². The number of allylic oxidation sites excluding steroid dienone is 1. The molecule has 0 saturated heterocycles. The fraction of sp³-hybridized carbons (Fsp3) is 0.200. The first-order valence-electron chi connectivity index (χ1n) is 8.64. The van der Waals surface area contributed by atoms with Crippen LogP contribution in [0.25, 0.3) is 6.08 Å². The summed E-state index contributed by atoms with van der Waals surface area (Å²) < 4.78 is 12.7. The van der Waals surface area contributed by atoms with Gasteiger partial charge in [0.2, 0.25) is 0 Å². The zero-order valence-corrected chi connectivity index (χ0v) is 16.8.